The zero-order valence-corrected chi connectivity index (χ0v) is 21.2. The highest BCUT2D eigenvalue weighted by Crippen LogP contribution is 2.14. The van der Waals surface area contributed by atoms with Crippen molar-refractivity contribution in [3.05, 3.63) is 101 Å². The first-order valence-corrected chi connectivity index (χ1v) is 12.0. The third-order valence-corrected chi connectivity index (χ3v) is 6.02. The molecule has 38 heavy (non-hydrogen) atoms. The molecule has 9 nitrogen and oxygen atoms in total. The van der Waals surface area contributed by atoms with E-state index in [1.54, 1.807) is 60.7 Å². The SMILES string of the molecule is CC(C)(NC(=O)[C@H](Cc1ccc(O)cc1)NC(=O)[C@@H](N)Cc1ccc(C(=O)c2ccccc2)cc1)C(=O)O. The van der Waals surface area contributed by atoms with Gasteiger partial charge in [0, 0.05) is 17.5 Å². The van der Waals surface area contributed by atoms with Crippen LogP contribution in [0.3, 0.4) is 0 Å². The summed E-state index contributed by atoms with van der Waals surface area (Å²) in [6, 6.07) is 19.6. The maximum absolute atomic E-state index is 13.0. The largest absolute Gasteiger partial charge is 0.508 e. The van der Waals surface area contributed by atoms with Crippen LogP contribution in [0.2, 0.25) is 0 Å². The van der Waals surface area contributed by atoms with Gasteiger partial charge in [0.1, 0.15) is 17.3 Å². The number of rotatable bonds is 11. The fourth-order valence-corrected chi connectivity index (χ4v) is 3.70. The van der Waals surface area contributed by atoms with Crippen molar-refractivity contribution < 1.29 is 29.4 Å². The Bertz CT molecular complexity index is 1290. The molecule has 0 spiro atoms. The molecule has 0 aliphatic rings. The summed E-state index contributed by atoms with van der Waals surface area (Å²) in [5.41, 5.74) is 7.02. The number of carboxylic acid groups (broad SMARTS) is 1. The number of benzene rings is 3. The molecule has 0 bridgehead atoms. The summed E-state index contributed by atoms with van der Waals surface area (Å²) in [5, 5.41) is 24.0. The summed E-state index contributed by atoms with van der Waals surface area (Å²) in [4.78, 5) is 50.0. The minimum absolute atomic E-state index is 0.0457. The Morgan fingerprint density at radius 2 is 1.32 bits per heavy atom. The van der Waals surface area contributed by atoms with Crippen molar-refractivity contribution in [1.82, 2.24) is 10.6 Å². The fourth-order valence-electron chi connectivity index (χ4n) is 3.70. The van der Waals surface area contributed by atoms with Crippen LogP contribution >= 0.6 is 0 Å². The topological polar surface area (TPSA) is 159 Å². The molecule has 3 rings (SSSR count). The molecule has 2 amide bonds. The number of carbonyl (C=O) groups excluding carboxylic acids is 3. The molecule has 0 aromatic heterocycles. The van der Waals surface area contributed by atoms with Gasteiger partial charge in [-0.25, -0.2) is 4.79 Å². The van der Waals surface area contributed by atoms with Crippen LogP contribution in [-0.4, -0.2) is 51.4 Å². The van der Waals surface area contributed by atoms with Crippen molar-refractivity contribution in [3.63, 3.8) is 0 Å². The third kappa shape index (κ3) is 7.50. The Kier molecular flexibility index (Phi) is 8.98. The highest BCUT2D eigenvalue weighted by molar-refractivity contribution is 6.08. The number of phenols is 1. The molecule has 3 aromatic carbocycles. The van der Waals surface area contributed by atoms with Gasteiger partial charge in [-0.3, -0.25) is 14.4 Å². The molecule has 0 aliphatic heterocycles. The maximum atomic E-state index is 13.0. The molecule has 0 radical (unpaired) electrons. The molecule has 0 unspecified atom stereocenters. The zero-order valence-electron chi connectivity index (χ0n) is 21.2. The molecule has 2 atom stereocenters. The van der Waals surface area contributed by atoms with Gasteiger partial charge in [0.15, 0.2) is 5.78 Å². The van der Waals surface area contributed by atoms with Crippen LogP contribution in [0, 0.1) is 0 Å². The first-order valence-electron chi connectivity index (χ1n) is 12.0. The van der Waals surface area contributed by atoms with E-state index < -0.39 is 35.4 Å². The number of ketones is 1. The second-order valence-corrected chi connectivity index (χ2v) is 9.55. The summed E-state index contributed by atoms with van der Waals surface area (Å²) >= 11 is 0. The van der Waals surface area contributed by atoms with E-state index in [1.807, 2.05) is 6.07 Å². The van der Waals surface area contributed by atoms with E-state index in [0.717, 1.165) is 5.56 Å². The Balaban J connectivity index is 1.69. The second kappa shape index (κ2) is 12.2. The second-order valence-electron chi connectivity index (χ2n) is 9.55. The number of hydrogen-bond acceptors (Lipinski definition) is 6. The van der Waals surface area contributed by atoms with Gasteiger partial charge in [0.25, 0.3) is 0 Å². The van der Waals surface area contributed by atoms with Gasteiger partial charge in [-0.05, 0) is 43.5 Å². The van der Waals surface area contributed by atoms with Gasteiger partial charge in [0.05, 0.1) is 6.04 Å². The lowest BCUT2D eigenvalue weighted by Gasteiger charge is -2.26. The monoisotopic (exact) mass is 517 g/mol. The summed E-state index contributed by atoms with van der Waals surface area (Å²) < 4.78 is 0. The van der Waals surface area contributed by atoms with E-state index in [1.165, 1.54) is 26.0 Å². The molecule has 3 aromatic rings. The van der Waals surface area contributed by atoms with Crippen LogP contribution in [0.15, 0.2) is 78.9 Å². The van der Waals surface area contributed by atoms with E-state index in [0.29, 0.717) is 16.7 Å². The molecule has 6 N–H and O–H groups in total. The lowest BCUT2D eigenvalue weighted by Crippen LogP contribution is -2.58. The van der Waals surface area contributed by atoms with Crippen LogP contribution in [-0.2, 0) is 27.2 Å². The first-order chi connectivity index (χ1) is 18.0. The van der Waals surface area contributed by atoms with Gasteiger partial charge in [-0.15, -0.1) is 0 Å². The van der Waals surface area contributed by atoms with Crippen LogP contribution in [0.5, 0.6) is 5.75 Å². The maximum Gasteiger partial charge on any atom is 0.328 e. The standard InChI is InChI=1S/C29H31N3O6/c1-29(2,28(37)38)32-27(36)24(17-19-10-14-22(33)15-11-19)31-26(35)23(30)16-18-8-12-21(13-9-18)25(34)20-6-4-3-5-7-20/h3-15,23-24,33H,16-17,30H2,1-2H3,(H,31,35)(H,32,36)(H,37,38)/t23-,24-/m0/s1. The van der Waals surface area contributed by atoms with Crippen molar-refractivity contribution >= 4 is 23.6 Å². The molecule has 198 valence electrons. The summed E-state index contributed by atoms with van der Waals surface area (Å²) in [6.07, 6.45) is 0.205. The predicted octanol–water partition coefficient (Wildman–Crippen LogP) is 2.20. The average Bonchev–Trinajstić information content (AvgIpc) is 2.89. The number of nitrogens with one attached hydrogen (secondary N) is 2. The minimum atomic E-state index is -1.56. The molecular weight excluding hydrogens is 486 g/mol. The predicted molar refractivity (Wildman–Crippen MR) is 142 cm³/mol. The Morgan fingerprint density at radius 3 is 1.89 bits per heavy atom. The van der Waals surface area contributed by atoms with E-state index >= 15 is 0 Å². The van der Waals surface area contributed by atoms with Crippen molar-refractivity contribution in [1.29, 1.82) is 0 Å². The van der Waals surface area contributed by atoms with Gasteiger partial charge >= 0.3 is 5.97 Å². The van der Waals surface area contributed by atoms with Crippen LogP contribution < -0.4 is 16.4 Å². The third-order valence-electron chi connectivity index (χ3n) is 6.02. The summed E-state index contributed by atoms with van der Waals surface area (Å²) in [5.74, 6) is -2.58. The van der Waals surface area contributed by atoms with Gasteiger partial charge < -0.3 is 26.6 Å². The lowest BCUT2D eigenvalue weighted by molar-refractivity contribution is -0.146. The number of carbonyl (C=O) groups is 4. The van der Waals surface area contributed by atoms with E-state index in [9.17, 15) is 29.4 Å². The Labute approximate surface area is 220 Å². The van der Waals surface area contributed by atoms with Crippen molar-refractivity contribution in [3.8, 4) is 5.75 Å². The summed E-state index contributed by atoms with van der Waals surface area (Å²) in [7, 11) is 0. The van der Waals surface area contributed by atoms with Gasteiger partial charge in [-0.2, -0.15) is 0 Å². The van der Waals surface area contributed by atoms with Crippen molar-refractivity contribution in [2.45, 2.75) is 44.3 Å². The van der Waals surface area contributed by atoms with Crippen molar-refractivity contribution in [2.24, 2.45) is 5.73 Å². The lowest BCUT2D eigenvalue weighted by atomic mass is 9.99. The van der Waals surface area contributed by atoms with E-state index in [4.69, 9.17) is 5.73 Å². The smallest absolute Gasteiger partial charge is 0.328 e. The highest BCUT2D eigenvalue weighted by atomic mass is 16.4. The number of carboxylic acids is 1. The average molecular weight is 518 g/mol. The van der Waals surface area contributed by atoms with Crippen LogP contribution in [0.25, 0.3) is 0 Å². The quantitative estimate of drug-likeness (QED) is 0.244. The Hall–Kier alpha value is -4.50. The number of hydrogen-bond donors (Lipinski definition) is 5. The van der Waals surface area contributed by atoms with E-state index in [-0.39, 0.29) is 24.4 Å². The Morgan fingerprint density at radius 1 is 0.789 bits per heavy atom. The molecule has 0 saturated heterocycles. The molecule has 0 saturated carbocycles. The van der Waals surface area contributed by atoms with Gasteiger partial charge in [0.2, 0.25) is 11.8 Å². The van der Waals surface area contributed by atoms with Crippen LogP contribution in [0.4, 0.5) is 0 Å². The minimum Gasteiger partial charge on any atom is -0.508 e. The molecule has 0 heterocycles. The molecule has 0 fully saturated rings. The van der Waals surface area contributed by atoms with Gasteiger partial charge in [-0.1, -0.05) is 66.7 Å². The van der Waals surface area contributed by atoms with Crippen LogP contribution in [0.1, 0.15) is 40.9 Å². The summed E-state index contributed by atoms with van der Waals surface area (Å²) in [6.45, 7) is 2.68. The number of phenolic OH excluding ortho intramolecular Hbond substituents is 1. The first kappa shape index (κ1) is 28.1. The number of nitrogens with two attached hydrogens (primary N) is 1. The molecule has 0 aliphatic carbocycles. The molecule has 9 heteroatoms. The number of aromatic hydroxyl groups is 1. The molecular formula is C29H31N3O6. The zero-order chi connectivity index (χ0) is 27.9. The van der Waals surface area contributed by atoms with E-state index in [2.05, 4.69) is 10.6 Å². The fraction of sp³-hybridized carbons (Fsp3) is 0.241. The number of amides is 2. The van der Waals surface area contributed by atoms with Crippen molar-refractivity contribution in [2.75, 3.05) is 0 Å². The number of aliphatic carboxylic acids is 1. The highest BCUT2D eigenvalue weighted by Gasteiger charge is 2.33. The normalized spacial score (nSPS) is 12.7.